The Morgan fingerprint density at radius 1 is 1.54 bits per heavy atom. The van der Waals surface area contributed by atoms with Crippen LogP contribution in [0.3, 0.4) is 0 Å². The van der Waals surface area contributed by atoms with Crippen LogP contribution in [0.5, 0.6) is 0 Å². The van der Waals surface area contributed by atoms with E-state index >= 15 is 0 Å². The van der Waals surface area contributed by atoms with Crippen LogP contribution < -0.4 is 5.32 Å². The number of hydrogen-bond donors (Lipinski definition) is 1. The Morgan fingerprint density at radius 2 is 2.31 bits per heavy atom. The number of alkyl halides is 1. The number of halogens is 2. The topological polar surface area (TPSA) is 29.1 Å². The monoisotopic (exact) mass is 259 g/mol. The van der Waals surface area contributed by atoms with E-state index in [9.17, 15) is 4.79 Å². The molecule has 68 valence electrons. The predicted molar refractivity (Wildman–Crippen MR) is 56.4 cm³/mol. The van der Waals surface area contributed by atoms with E-state index < -0.39 is 0 Å². The number of nitrogens with one attached hydrogen (secondary N) is 1. The van der Waals surface area contributed by atoms with Crippen LogP contribution in [0.2, 0.25) is 5.02 Å². The molecule has 13 heavy (non-hydrogen) atoms. The van der Waals surface area contributed by atoms with Gasteiger partial charge in [-0.25, -0.2) is 0 Å². The van der Waals surface area contributed by atoms with Gasteiger partial charge in [0.2, 0.25) is 5.91 Å². The molecule has 1 N–H and O–H groups in total. The lowest BCUT2D eigenvalue weighted by Gasteiger charge is -2.03. The molecule has 1 aliphatic rings. The Kier molecular flexibility index (Phi) is 2.30. The lowest BCUT2D eigenvalue weighted by atomic mass is 10.1. The maximum atomic E-state index is 11.0. The van der Waals surface area contributed by atoms with Crippen LogP contribution >= 0.6 is 27.5 Å². The average Bonchev–Trinajstić information content (AvgIpc) is 2.42. The van der Waals surface area contributed by atoms with Crippen molar-refractivity contribution in [2.45, 2.75) is 11.8 Å². The molecule has 1 amide bonds. The van der Waals surface area contributed by atoms with Gasteiger partial charge in [0.1, 0.15) is 0 Å². The van der Waals surface area contributed by atoms with E-state index in [1.807, 2.05) is 6.07 Å². The molecule has 0 spiro atoms. The Hall–Kier alpha value is -0.540. The highest BCUT2D eigenvalue weighted by Crippen LogP contribution is 2.30. The number of hydrogen-bond acceptors (Lipinski definition) is 1. The van der Waals surface area contributed by atoms with Crippen molar-refractivity contribution in [3.63, 3.8) is 0 Å². The molecule has 0 aliphatic carbocycles. The van der Waals surface area contributed by atoms with E-state index in [-0.39, 0.29) is 5.91 Å². The summed E-state index contributed by atoms with van der Waals surface area (Å²) in [5, 5.41) is 4.16. The summed E-state index contributed by atoms with van der Waals surface area (Å²) in [6.07, 6.45) is 0.465. The molecule has 0 atom stereocenters. The molecule has 2 nitrogen and oxygen atoms in total. The number of amides is 1. The molecule has 0 saturated carbocycles. The maximum absolute atomic E-state index is 11.0. The van der Waals surface area contributed by atoms with Gasteiger partial charge >= 0.3 is 0 Å². The average molecular weight is 261 g/mol. The largest absolute Gasteiger partial charge is 0.325 e. The third-order valence-electron chi connectivity index (χ3n) is 2.04. The van der Waals surface area contributed by atoms with Crippen molar-refractivity contribution in [3.8, 4) is 0 Å². The van der Waals surface area contributed by atoms with Crippen molar-refractivity contribution in [1.82, 2.24) is 0 Å². The molecule has 0 radical (unpaired) electrons. The molecule has 0 bridgehead atoms. The maximum Gasteiger partial charge on any atom is 0.228 e. The van der Waals surface area contributed by atoms with Crippen LogP contribution in [0.1, 0.15) is 11.1 Å². The van der Waals surface area contributed by atoms with Gasteiger partial charge in [0.05, 0.1) is 6.42 Å². The molecule has 0 fully saturated rings. The summed E-state index contributed by atoms with van der Waals surface area (Å²) < 4.78 is 0. The van der Waals surface area contributed by atoms with Gasteiger partial charge in [0.15, 0.2) is 0 Å². The fourth-order valence-electron chi connectivity index (χ4n) is 1.40. The van der Waals surface area contributed by atoms with Crippen molar-refractivity contribution in [2.75, 3.05) is 5.32 Å². The summed E-state index contributed by atoms with van der Waals surface area (Å²) in [5.74, 6) is 0.0396. The van der Waals surface area contributed by atoms with E-state index in [1.165, 1.54) is 0 Å². The Bertz CT molecular complexity index is 378. The van der Waals surface area contributed by atoms with Crippen LogP contribution in [0, 0.1) is 0 Å². The molecule has 0 unspecified atom stereocenters. The summed E-state index contributed by atoms with van der Waals surface area (Å²) in [4.78, 5) is 11.0. The highest BCUT2D eigenvalue weighted by molar-refractivity contribution is 9.08. The molecule has 0 aromatic heterocycles. The van der Waals surface area contributed by atoms with Crippen LogP contribution in [0.25, 0.3) is 0 Å². The second-order valence-electron chi connectivity index (χ2n) is 2.96. The molecule has 0 saturated heterocycles. The summed E-state index contributed by atoms with van der Waals surface area (Å²) >= 11 is 9.32. The van der Waals surface area contributed by atoms with Crippen molar-refractivity contribution in [2.24, 2.45) is 0 Å². The molecular weight excluding hydrogens is 253 g/mol. The second-order valence-corrected chi connectivity index (χ2v) is 3.93. The van der Waals surface area contributed by atoms with Crippen molar-refractivity contribution in [1.29, 1.82) is 0 Å². The second kappa shape index (κ2) is 3.31. The number of rotatable bonds is 1. The van der Waals surface area contributed by atoms with E-state index in [0.29, 0.717) is 16.8 Å². The zero-order valence-corrected chi connectivity index (χ0v) is 9.08. The Labute approximate surface area is 89.4 Å². The molecular formula is C9H7BrClNO. The van der Waals surface area contributed by atoms with Crippen LogP contribution in [0.4, 0.5) is 5.69 Å². The number of anilines is 1. The normalized spacial score (nSPS) is 14.2. The fraction of sp³-hybridized carbons (Fsp3) is 0.222. The van der Waals surface area contributed by atoms with Gasteiger partial charge in [0, 0.05) is 16.0 Å². The van der Waals surface area contributed by atoms with Gasteiger partial charge in [-0.15, -0.1) is 0 Å². The molecule has 1 aromatic carbocycles. The van der Waals surface area contributed by atoms with Gasteiger partial charge in [-0.3, -0.25) is 4.79 Å². The first kappa shape index (κ1) is 9.03. The van der Waals surface area contributed by atoms with Gasteiger partial charge < -0.3 is 5.32 Å². The van der Waals surface area contributed by atoms with Gasteiger partial charge in [0.25, 0.3) is 0 Å². The zero-order valence-electron chi connectivity index (χ0n) is 6.73. The summed E-state index contributed by atoms with van der Waals surface area (Å²) in [6.45, 7) is 0. The minimum Gasteiger partial charge on any atom is -0.325 e. The van der Waals surface area contributed by atoms with Crippen LogP contribution in [0.15, 0.2) is 12.1 Å². The third-order valence-corrected chi connectivity index (χ3v) is 3.00. The third kappa shape index (κ3) is 1.58. The van der Waals surface area contributed by atoms with E-state index in [4.69, 9.17) is 11.6 Å². The predicted octanol–water partition coefficient (Wildman–Crippen LogP) is 2.73. The SMILES string of the molecule is O=C1Cc2cc(CBr)c(Cl)cc2N1. The van der Waals surface area contributed by atoms with E-state index in [2.05, 4.69) is 21.2 Å². The van der Waals surface area contributed by atoms with Gasteiger partial charge in [-0.2, -0.15) is 0 Å². The van der Waals surface area contributed by atoms with Crippen LogP contribution in [-0.2, 0) is 16.5 Å². The molecule has 1 heterocycles. The van der Waals surface area contributed by atoms with Crippen LogP contribution in [-0.4, -0.2) is 5.91 Å². The summed E-state index contributed by atoms with van der Waals surface area (Å²) in [7, 11) is 0. The fourth-order valence-corrected chi connectivity index (χ4v) is 2.26. The smallest absolute Gasteiger partial charge is 0.228 e. The first-order valence-electron chi connectivity index (χ1n) is 3.88. The van der Waals surface area contributed by atoms with Crippen molar-refractivity contribution >= 4 is 39.1 Å². The summed E-state index contributed by atoms with van der Waals surface area (Å²) in [6, 6.07) is 3.77. The molecule has 1 aromatic rings. The lowest BCUT2D eigenvalue weighted by Crippen LogP contribution is -2.03. The first-order chi connectivity index (χ1) is 6.20. The number of carbonyl (C=O) groups excluding carboxylic acids is 1. The number of carbonyl (C=O) groups is 1. The standard InChI is InChI=1S/C9H7BrClNO/c10-4-6-1-5-2-9(13)12-8(5)3-7(6)11/h1,3H,2,4H2,(H,12,13). The molecule has 4 heteroatoms. The van der Waals surface area contributed by atoms with E-state index in [1.54, 1.807) is 6.07 Å². The van der Waals surface area contributed by atoms with Crippen molar-refractivity contribution in [3.05, 3.63) is 28.3 Å². The Morgan fingerprint density at radius 3 is 3.00 bits per heavy atom. The van der Waals surface area contributed by atoms with Gasteiger partial charge in [-0.05, 0) is 17.2 Å². The first-order valence-corrected chi connectivity index (χ1v) is 5.38. The van der Waals surface area contributed by atoms with Gasteiger partial charge in [-0.1, -0.05) is 33.6 Å². The van der Waals surface area contributed by atoms with E-state index in [0.717, 1.165) is 16.8 Å². The molecule has 2 rings (SSSR count). The zero-order chi connectivity index (χ0) is 9.42. The lowest BCUT2D eigenvalue weighted by molar-refractivity contribution is -0.115. The highest BCUT2D eigenvalue weighted by atomic mass is 79.9. The highest BCUT2D eigenvalue weighted by Gasteiger charge is 2.18. The summed E-state index contributed by atoms with van der Waals surface area (Å²) in [5.41, 5.74) is 2.90. The number of benzene rings is 1. The Balaban J connectivity index is 2.50. The molecule has 1 aliphatic heterocycles. The minimum atomic E-state index is 0.0396. The quantitative estimate of drug-likeness (QED) is 0.773. The minimum absolute atomic E-state index is 0.0396. The van der Waals surface area contributed by atoms with Crippen molar-refractivity contribution < 1.29 is 4.79 Å². The number of fused-ring (bicyclic) bond motifs is 1.